The van der Waals surface area contributed by atoms with E-state index in [1.165, 1.54) is 12.8 Å². The van der Waals surface area contributed by atoms with E-state index in [0.29, 0.717) is 17.8 Å². The first-order chi connectivity index (χ1) is 12.3. The smallest absolute Gasteiger partial charge is 0.180 e. The van der Waals surface area contributed by atoms with E-state index in [4.69, 9.17) is 9.40 Å². The van der Waals surface area contributed by atoms with E-state index in [0.717, 1.165) is 30.7 Å². The van der Waals surface area contributed by atoms with Gasteiger partial charge in [-0.15, -0.1) is 0 Å². The van der Waals surface area contributed by atoms with Gasteiger partial charge in [-0.2, -0.15) is 0 Å². The van der Waals surface area contributed by atoms with Gasteiger partial charge in [-0.25, -0.2) is 9.97 Å². The van der Waals surface area contributed by atoms with Gasteiger partial charge in [-0.1, -0.05) is 12.8 Å². The van der Waals surface area contributed by atoms with E-state index in [2.05, 4.69) is 14.9 Å². The summed E-state index contributed by atoms with van der Waals surface area (Å²) in [4.78, 5) is 15.6. The molecule has 0 unspecified atom stereocenters. The number of aromatic nitrogens is 3. The summed E-state index contributed by atoms with van der Waals surface area (Å²) >= 11 is 0. The van der Waals surface area contributed by atoms with Crippen molar-refractivity contribution in [1.29, 1.82) is 0 Å². The molecule has 0 aliphatic carbocycles. The Hall–Kier alpha value is -2.47. The Morgan fingerprint density at radius 2 is 2.08 bits per heavy atom. The molecular formula is C19H22N4O2. The number of pyridine rings is 1. The van der Waals surface area contributed by atoms with Gasteiger partial charge in [0.25, 0.3) is 0 Å². The highest BCUT2D eigenvalue weighted by atomic mass is 16.4. The topological polar surface area (TPSA) is 75.3 Å². The normalized spacial score (nSPS) is 19.7. The Balaban J connectivity index is 1.61. The first kappa shape index (κ1) is 16.0. The molecule has 2 atom stereocenters. The average Bonchev–Trinajstić information content (AvgIpc) is 3.09. The van der Waals surface area contributed by atoms with Crippen molar-refractivity contribution in [2.45, 2.75) is 44.2 Å². The number of fused-ring (bicyclic) bond motifs is 1. The van der Waals surface area contributed by atoms with Crippen LogP contribution in [0.4, 0.5) is 5.82 Å². The molecule has 130 valence electrons. The number of hydrogen-bond donors (Lipinski definition) is 1. The number of hydrogen-bond acceptors (Lipinski definition) is 6. The molecule has 1 aliphatic heterocycles. The third-order valence-electron chi connectivity index (χ3n) is 4.86. The lowest BCUT2D eigenvalue weighted by molar-refractivity contribution is 0.129. The van der Waals surface area contributed by atoms with Crippen molar-refractivity contribution in [1.82, 2.24) is 15.0 Å². The molecule has 1 fully saturated rings. The molecule has 3 aromatic rings. The molecule has 1 aliphatic rings. The molecule has 0 radical (unpaired) electrons. The second-order valence-electron chi connectivity index (χ2n) is 6.53. The first-order valence-corrected chi connectivity index (χ1v) is 8.87. The molecule has 1 N–H and O–H groups in total. The number of aliphatic hydroxyl groups excluding tert-OH is 1. The Kier molecular flexibility index (Phi) is 4.61. The van der Waals surface area contributed by atoms with Gasteiger partial charge >= 0.3 is 0 Å². The van der Waals surface area contributed by atoms with Crippen LogP contribution in [0.25, 0.3) is 11.2 Å². The van der Waals surface area contributed by atoms with Crippen LogP contribution in [0.1, 0.15) is 44.0 Å². The third kappa shape index (κ3) is 3.49. The summed E-state index contributed by atoms with van der Waals surface area (Å²) in [5.74, 6) is 1.54. The molecule has 1 saturated heterocycles. The van der Waals surface area contributed by atoms with Crippen molar-refractivity contribution in [3.63, 3.8) is 0 Å². The van der Waals surface area contributed by atoms with E-state index in [9.17, 15) is 5.11 Å². The molecule has 0 spiro atoms. The zero-order valence-corrected chi connectivity index (χ0v) is 14.1. The summed E-state index contributed by atoms with van der Waals surface area (Å²) in [7, 11) is 0. The summed E-state index contributed by atoms with van der Waals surface area (Å²) in [5, 5.41) is 10.5. The molecule has 0 aromatic carbocycles. The summed E-state index contributed by atoms with van der Waals surface area (Å²) in [6.45, 7) is 0.939. The molecule has 0 amide bonds. The average molecular weight is 338 g/mol. The predicted octanol–water partition coefficient (Wildman–Crippen LogP) is 3.49. The minimum Gasteiger partial charge on any atom is -0.467 e. The highest BCUT2D eigenvalue weighted by Crippen LogP contribution is 2.30. The van der Waals surface area contributed by atoms with Crippen LogP contribution in [0.3, 0.4) is 0 Å². The maximum atomic E-state index is 10.5. The van der Waals surface area contributed by atoms with Crippen molar-refractivity contribution < 1.29 is 9.52 Å². The Bertz CT molecular complexity index is 821. The van der Waals surface area contributed by atoms with Crippen LogP contribution >= 0.6 is 0 Å². The minimum atomic E-state index is -0.596. The molecule has 0 saturated carbocycles. The van der Waals surface area contributed by atoms with Gasteiger partial charge in [0.05, 0.1) is 6.26 Å². The van der Waals surface area contributed by atoms with E-state index in [-0.39, 0.29) is 6.04 Å². The fourth-order valence-electron chi connectivity index (χ4n) is 3.58. The number of rotatable bonds is 4. The number of aliphatic hydroxyl groups is 1. The van der Waals surface area contributed by atoms with Crippen LogP contribution in [0.15, 0.2) is 47.3 Å². The molecule has 3 aromatic heterocycles. The van der Waals surface area contributed by atoms with Crippen molar-refractivity contribution in [3.05, 3.63) is 48.7 Å². The standard InChI is InChI=1S/C19H22N4O2/c24-16(17-6-4-12-25-17)13-14-5-2-1-3-11-23(14)18-8-7-15-19(22-18)21-10-9-20-15/h4,6-10,12,14,16,24H,1-3,5,11,13H2/t14-,16-/m1/s1. The van der Waals surface area contributed by atoms with E-state index in [1.54, 1.807) is 18.7 Å². The fourth-order valence-corrected chi connectivity index (χ4v) is 3.58. The van der Waals surface area contributed by atoms with Gasteiger partial charge in [0.15, 0.2) is 5.65 Å². The fraction of sp³-hybridized carbons (Fsp3) is 0.421. The Morgan fingerprint density at radius 3 is 2.96 bits per heavy atom. The van der Waals surface area contributed by atoms with Crippen molar-refractivity contribution in [2.75, 3.05) is 11.4 Å². The van der Waals surface area contributed by atoms with Crippen molar-refractivity contribution >= 4 is 17.0 Å². The third-order valence-corrected chi connectivity index (χ3v) is 4.86. The summed E-state index contributed by atoms with van der Waals surface area (Å²) in [6, 6.07) is 7.84. The maximum absolute atomic E-state index is 10.5. The summed E-state index contributed by atoms with van der Waals surface area (Å²) < 4.78 is 5.36. The van der Waals surface area contributed by atoms with Crippen LogP contribution in [0.5, 0.6) is 0 Å². The molecule has 4 rings (SSSR count). The van der Waals surface area contributed by atoms with Crippen LogP contribution in [-0.4, -0.2) is 32.6 Å². The van der Waals surface area contributed by atoms with Crippen LogP contribution in [-0.2, 0) is 0 Å². The lowest BCUT2D eigenvalue weighted by Crippen LogP contribution is -2.36. The minimum absolute atomic E-state index is 0.226. The number of furan rings is 1. The van der Waals surface area contributed by atoms with Gasteiger partial charge in [0, 0.05) is 31.4 Å². The van der Waals surface area contributed by atoms with Gasteiger partial charge in [-0.3, -0.25) is 4.98 Å². The monoisotopic (exact) mass is 338 g/mol. The largest absolute Gasteiger partial charge is 0.467 e. The lowest BCUT2D eigenvalue weighted by atomic mass is 10.0. The zero-order chi connectivity index (χ0) is 17.1. The highest BCUT2D eigenvalue weighted by molar-refractivity contribution is 5.71. The molecule has 4 heterocycles. The van der Waals surface area contributed by atoms with E-state index in [1.807, 2.05) is 24.3 Å². The van der Waals surface area contributed by atoms with Crippen LogP contribution in [0.2, 0.25) is 0 Å². The molecule has 25 heavy (non-hydrogen) atoms. The van der Waals surface area contributed by atoms with Crippen LogP contribution in [0, 0.1) is 0 Å². The summed E-state index contributed by atoms with van der Waals surface area (Å²) in [5.41, 5.74) is 1.46. The predicted molar refractivity (Wildman–Crippen MR) is 95.2 cm³/mol. The summed E-state index contributed by atoms with van der Waals surface area (Å²) in [6.07, 6.45) is 9.53. The second kappa shape index (κ2) is 7.19. The van der Waals surface area contributed by atoms with Gasteiger partial charge in [-0.05, 0) is 37.1 Å². The van der Waals surface area contributed by atoms with Crippen molar-refractivity contribution in [2.24, 2.45) is 0 Å². The van der Waals surface area contributed by atoms with Gasteiger partial charge in [0.2, 0.25) is 0 Å². The van der Waals surface area contributed by atoms with Crippen LogP contribution < -0.4 is 4.90 Å². The Labute approximate surface area is 146 Å². The van der Waals surface area contributed by atoms with E-state index < -0.39 is 6.10 Å². The highest BCUT2D eigenvalue weighted by Gasteiger charge is 2.26. The molecule has 6 nitrogen and oxygen atoms in total. The molecule has 6 heteroatoms. The van der Waals surface area contributed by atoms with Gasteiger partial charge in [0.1, 0.15) is 23.2 Å². The quantitative estimate of drug-likeness (QED) is 0.785. The molecular weight excluding hydrogens is 316 g/mol. The molecule has 0 bridgehead atoms. The van der Waals surface area contributed by atoms with Gasteiger partial charge < -0.3 is 14.4 Å². The SMILES string of the molecule is O[C@H](C[C@H]1CCCCCN1c1ccc2nccnc2n1)c1ccco1. The maximum Gasteiger partial charge on any atom is 0.180 e. The number of anilines is 1. The van der Waals surface area contributed by atoms with Crippen molar-refractivity contribution in [3.8, 4) is 0 Å². The second-order valence-corrected chi connectivity index (χ2v) is 6.53. The lowest BCUT2D eigenvalue weighted by Gasteiger charge is -2.32. The Morgan fingerprint density at radius 1 is 1.16 bits per heavy atom. The van der Waals surface area contributed by atoms with E-state index >= 15 is 0 Å². The first-order valence-electron chi connectivity index (χ1n) is 8.87. The number of nitrogens with zero attached hydrogens (tertiary/aromatic N) is 4. The zero-order valence-electron chi connectivity index (χ0n) is 14.1.